The lowest BCUT2D eigenvalue weighted by Gasteiger charge is -2.43. The Morgan fingerprint density at radius 1 is 1.15 bits per heavy atom. The van der Waals surface area contributed by atoms with Gasteiger partial charge in [0, 0.05) is 12.0 Å². The molecule has 1 heterocycles. The van der Waals surface area contributed by atoms with E-state index in [1.165, 1.54) is 25.7 Å². The van der Waals surface area contributed by atoms with E-state index in [1.807, 2.05) is 30.3 Å². The van der Waals surface area contributed by atoms with Crippen LogP contribution in [0.5, 0.6) is 0 Å². The predicted molar refractivity (Wildman–Crippen MR) is 83.9 cm³/mol. The molecule has 1 saturated heterocycles. The molecule has 0 aromatic heterocycles. The van der Waals surface area contributed by atoms with Gasteiger partial charge in [0.1, 0.15) is 0 Å². The summed E-state index contributed by atoms with van der Waals surface area (Å²) in [6.45, 7) is 4.53. The minimum Gasteiger partial charge on any atom is -0.317 e. The van der Waals surface area contributed by atoms with E-state index >= 15 is 0 Å². The van der Waals surface area contributed by atoms with Crippen molar-refractivity contribution in [1.29, 1.82) is 0 Å². The molecule has 0 amide bonds. The van der Waals surface area contributed by atoms with E-state index < -0.39 is 0 Å². The number of rotatable bonds is 6. The summed E-state index contributed by atoms with van der Waals surface area (Å²) in [7, 11) is 2.29. The Morgan fingerprint density at radius 3 is 2.40 bits per heavy atom. The summed E-state index contributed by atoms with van der Waals surface area (Å²) in [4.78, 5) is 12.9. The third-order valence-electron chi connectivity index (χ3n) is 4.78. The maximum Gasteiger partial charge on any atom is 0.219 e. The summed E-state index contributed by atoms with van der Waals surface area (Å²) in [5.41, 5.74) is 0.888. The first-order chi connectivity index (χ1) is 9.67. The molecule has 2 heteroatoms. The standard InChI is InChI=1S/C18H28NO/c1-3-4-13-17(19(2)14-9-6-10-15-19)18(20)16-11-7-5-8-12-16/h5,7-8,11-12,17H,3-4,6,9-10,13-15H2,1-2H3/q+1. The van der Waals surface area contributed by atoms with Crippen molar-refractivity contribution in [3.63, 3.8) is 0 Å². The highest BCUT2D eigenvalue weighted by atomic mass is 16.1. The zero-order valence-corrected chi connectivity index (χ0v) is 13.0. The number of piperidine rings is 1. The minimum atomic E-state index is 0.151. The average Bonchev–Trinajstić information content (AvgIpc) is 2.49. The Balaban J connectivity index is 2.20. The van der Waals surface area contributed by atoms with E-state index in [2.05, 4.69) is 14.0 Å². The van der Waals surface area contributed by atoms with Gasteiger partial charge in [0.2, 0.25) is 5.78 Å². The van der Waals surface area contributed by atoms with E-state index in [-0.39, 0.29) is 6.04 Å². The second-order valence-corrected chi connectivity index (χ2v) is 6.38. The van der Waals surface area contributed by atoms with Gasteiger partial charge in [-0.15, -0.1) is 0 Å². The van der Waals surface area contributed by atoms with Crippen LogP contribution in [0, 0.1) is 0 Å². The van der Waals surface area contributed by atoms with Gasteiger partial charge in [0.25, 0.3) is 0 Å². The summed E-state index contributed by atoms with van der Waals surface area (Å²) < 4.78 is 0.952. The number of carbonyl (C=O) groups excluding carboxylic acids is 1. The molecule has 1 fully saturated rings. The Morgan fingerprint density at radius 2 is 1.80 bits per heavy atom. The van der Waals surface area contributed by atoms with Crippen LogP contribution in [0.2, 0.25) is 0 Å². The first-order valence-corrected chi connectivity index (χ1v) is 8.11. The maximum absolute atomic E-state index is 12.9. The lowest BCUT2D eigenvalue weighted by molar-refractivity contribution is -0.928. The molecule has 1 aliphatic rings. The third kappa shape index (κ3) is 3.49. The summed E-state index contributed by atoms with van der Waals surface area (Å²) in [6.07, 6.45) is 7.20. The van der Waals surface area contributed by atoms with Crippen LogP contribution < -0.4 is 0 Å². The Hall–Kier alpha value is -1.15. The van der Waals surface area contributed by atoms with Crippen LogP contribution in [0.15, 0.2) is 30.3 Å². The molecular weight excluding hydrogens is 246 g/mol. The molecule has 20 heavy (non-hydrogen) atoms. The molecule has 0 aliphatic carbocycles. The third-order valence-corrected chi connectivity index (χ3v) is 4.78. The molecule has 2 nitrogen and oxygen atoms in total. The SMILES string of the molecule is CCCCC(C(=O)c1ccccc1)[N+]1(C)CCCCC1. The van der Waals surface area contributed by atoms with Crippen molar-refractivity contribution in [3.8, 4) is 0 Å². The zero-order chi connectivity index (χ0) is 14.4. The Kier molecular flexibility index (Phi) is 5.36. The molecule has 0 bridgehead atoms. The summed E-state index contributed by atoms with van der Waals surface area (Å²) in [5, 5.41) is 0. The van der Waals surface area contributed by atoms with E-state index in [9.17, 15) is 4.79 Å². The monoisotopic (exact) mass is 274 g/mol. The van der Waals surface area contributed by atoms with Gasteiger partial charge in [0.05, 0.1) is 20.1 Å². The van der Waals surface area contributed by atoms with Gasteiger partial charge in [-0.1, -0.05) is 43.7 Å². The summed E-state index contributed by atoms with van der Waals surface area (Å²) in [6, 6.07) is 10.0. The molecule has 1 aromatic carbocycles. The molecule has 110 valence electrons. The first kappa shape index (κ1) is 15.2. The topological polar surface area (TPSA) is 17.1 Å². The van der Waals surface area contributed by atoms with Crippen LogP contribution >= 0.6 is 0 Å². The van der Waals surface area contributed by atoms with E-state index in [0.29, 0.717) is 5.78 Å². The lowest BCUT2D eigenvalue weighted by atomic mass is 9.93. The number of nitrogens with zero attached hydrogens (tertiary/aromatic N) is 1. The highest BCUT2D eigenvalue weighted by Gasteiger charge is 2.38. The van der Waals surface area contributed by atoms with Crippen LogP contribution in [0.1, 0.15) is 55.8 Å². The van der Waals surface area contributed by atoms with Crippen LogP contribution in [0.4, 0.5) is 0 Å². The number of Topliss-reactive ketones (excluding diaryl/α,β-unsaturated/α-hetero) is 1. The quantitative estimate of drug-likeness (QED) is 0.565. The molecule has 0 radical (unpaired) electrons. The van der Waals surface area contributed by atoms with Gasteiger partial charge in [-0.25, -0.2) is 0 Å². The van der Waals surface area contributed by atoms with Crippen molar-refractivity contribution in [1.82, 2.24) is 0 Å². The maximum atomic E-state index is 12.9. The number of ketones is 1. The van der Waals surface area contributed by atoms with Crippen molar-refractivity contribution < 1.29 is 9.28 Å². The number of hydrogen-bond donors (Lipinski definition) is 0. The second kappa shape index (κ2) is 7.03. The van der Waals surface area contributed by atoms with Crippen molar-refractivity contribution >= 4 is 5.78 Å². The summed E-state index contributed by atoms with van der Waals surface area (Å²) in [5.74, 6) is 0.350. The van der Waals surface area contributed by atoms with Crippen molar-refractivity contribution in [3.05, 3.63) is 35.9 Å². The molecule has 0 spiro atoms. The number of carbonyl (C=O) groups is 1. The number of likely N-dealkylation sites (N-methyl/N-ethyl adjacent to an activating group) is 1. The highest BCUT2D eigenvalue weighted by Crippen LogP contribution is 2.26. The van der Waals surface area contributed by atoms with E-state index in [0.717, 1.165) is 36.0 Å². The van der Waals surface area contributed by atoms with Crippen LogP contribution in [-0.4, -0.2) is 36.4 Å². The summed E-state index contributed by atoms with van der Waals surface area (Å²) >= 11 is 0. The molecule has 1 aromatic rings. The lowest BCUT2D eigenvalue weighted by Crippen LogP contribution is -2.58. The van der Waals surface area contributed by atoms with Gasteiger partial charge in [-0.05, 0) is 25.7 Å². The zero-order valence-electron chi connectivity index (χ0n) is 13.0. The van der Waals surface area contributed by atoms with Crippen molar-refractivity contribution in [2.75, 3.05) is 20.1 Å². The number of benzene rings is 1. The Labute approximate surface area is 123 Å². The average molecular weight is 274 g/mol. The minimum absolute atomic E-state index is 0.151. The first-order valence-electron chi connectivity index (χ1n) is 8.11. The fourth-order valence-corrected chi connectivity index (χ4v) is 3.46. The van der Waals surface area contributed by atoms with Crippen molar-refractivity contribution in [2.24, 2.45) is 0 Å². The molecule has 1 aliphatic heterocycles. The molecular formula is C18H28NO+. The fourth-order valence-electron chi connectivity index (χ4n) is 3.46. The van der Waals surface area contributed by atoms with Gasteiger partial charge < -0.3 is 4.48 Å². The molecule has 2 rings (SSSR count). The van der Waals surface area contributed by atoms with Crippen LogP contribution in [0.3, 0.4) is 0 Å². The smallest absolute Gasteiger partial charge is 0.219 e. The van der Waals surface area contributed by atoms with Crippen molar-refractivity contribution in [2.45, 2.75) is 51.5 Å². The van der Waals surface area contributed by atoms with Crippen LogP contribution in [0.25, 0.3) is 0 Å². The second-order valence-electron chi connectivity index (χ2n) is 6.38. The molecule has 1 unspecified atom stereocenters. The molecule has 0 N–H and O–H groups in total. The Bertz CT molecular complexity index is 420. The normalized spacial score (nSPS) is 19.5. The number of quaternary nitrogens is 1. The molecule has 0 saturated carbocycles. The van der Waals surface area contributed by atoms with Gasteiger partial charge in [0.15, 0.2) is 6.04 Å². The van der Waals surface area contributed by atoms with Gasteiger partial charge >= 0.3 is 0 Å². The number of hydrogen-bond acceptors (Lipinski definition) is 1. The number of likely N-dealkylation sites (tertiary alicyclic amines) is 1. The fraction of sp³-hybridized carbons (Fsp3) is 0.611. The predicted octanol–water partition coefficient (Wildman–Crippen LogP) is 4.06. The van der Waals surface area contributed by atoms with E-state index in [4.69, 9.17) is 0 Å². The van der Waals surface area contributed by atoms with Crippen LogP contribution in [-0.2, 0) is 0 Å². The number of unbranched alkanes of at least 4 members (excludes halogenated alkanes) is 1. The highest BCUT2D eigenvalue weighted by molar-refractivity contribution is 5.99. The molecule has 1 atom stereocenters. The largest absolute Gasteiger partial charge is 0.317 e. The van der Waals surface area contributed by atoms with Gasteiger partial charge in [-0.3, -0.25) is 4.79 Å². The van der Waals surface area contributed by atoms with Gasteiger partial charge in [-0.2, -0.15) is 0 Å². The van der Waals surface area contributed by atoms with E-state index in [1.54, 1.807) is 0 Å².